The zero-order valence-corrected chi connectivity index (χ0v) is 14.7. The predicted molar refractivity (Wildman–Crippen MR) is 86.6 cm³/mol. The molecular weight excluding hydrogens is 344 g/mol. The van der Waals surface area contributed by atoms with Crippen LogP contribution in [0.25, 0.3) is 0 Å². The fourth-order valence-electron chi connectivity index (χ4n) is 3.79. The maximum Gasteiger partial charge on any atom is 0.316 e. The summed E-state index contributed by atoms with van der Waals surface area (Å²) in [5.74, 6) is -4.33. The van der Waals surface area contributed by atoms with E-state index in [1.807, 2.05) is 0 Å². The third kappa shape index (κ3) is 2.90. The Balaban J connectivity index is 2.15. The maximum absolute atomic E-state index is 12.6. The Labute approximate surface area is 150 Å². The molecule has 0 bridgehead atoms. The Morgan fingerprint density at radius 3 is 2.46 bits per heavy atom. The second-order valence-electron chi connectivity index (χ2n) is 6.64. The lowest BCUT2D eigenvalue weighted by molar-refractivity contribution is -0.170. The van der Waals surface area contributed by atoms with Crippen LogP contribution in [0.1, 0.15) is 24.8 Å². The summed E-state index contributed by atoms with van der Waals surface area (Å²) in [6.45, 7) is 1.45. The van der Waals surface area contributed by atoms with Gasteiger partial charge in [-0.05, 0) is 24.6 Å². The summed E-state index contributed by atoms with van der Waals surface area (Å²) >= 11 is 0. The Morgan fingerprint density at radius 1 is 1.15 bits per heavy atom. The first kappa shape index (κ1) is 18.2. The van der Waals surface area contributed by atoms with E-state index in [0.29, 0.717) is 17.1 Å². The molecule has 1 aromatic rings. The summed E-state index contributed by atoms with van der Waals surface area (Å²) in [6, 6.07) is 4.88. The third-order valence-corrected chi connectivity index (χ3v) is 4.96. The number of hydrogen-bond donors (Lipinski definition) is 1. The first-order chi connectivity index (χ1) is 12.3. The molecule has 1 fully saturated rings. The molecule has 0 spiro atoms. The smallest absolute Gasteiger partial charge is 0.316 e. The molecule has 1 aromatic carbocycles. The fourth-order valence-corrected chi connectivity index (χ4v) is 3.79. The van der Waals surface area contributed by atoms with Gasteiger partial charge >= 0.3 is 11.9 Å². The zero-order chi connectivity index (χ0) is 19.1. The van der Waals surface area contributed by atoms with E-state index in [1.54, 1.807) is 18.2 Å². The summed E-state index contributed by atoms with van der Waals surface area (Å²) < 4.78 is 20.3. The molecule has 1 saturated carbocycles. The van der Waals surface area contributed by atoms with Crippen LogP contribution < -0.4 is 9.47 Å². The second-order valence-corrected chi connectivity index (χ2v) is 6.64. The molecule has 26 heavy (non-hydrogen) atoms. The quantitative estimate of drug-likeness (QED) is 0.620. The van der Waals surface area contributed by atoms with Gasteiger partial charge in [-0.15, -0.1) is 0 Å². The van der Waals surface area contributed by atoms with Crippen molar-refractivity contribution in [1.29, 1.82) is 0 Å². The molecule has 140 valence electrons. The summed E-state index contributed by atoms with van der Waals surface area (Å²) in [7, 11) is 2.37. The highest BCUT2D eigenvalue weighted by atomic mass is 16.7. The number of hydrogen-bond acceptors (Lipinski definition) is 8. The van der Waals surface area contributed by atoms with Crippen molar-refractivity contribution in [2.45, 2.75) is 24.9 Å². The van der Waals surface area contributed by atoms with Crippen LogP contribution in [0.15, 0.2) is 18.2 Å². The number of aliphatic hydroxyl groups is 1. The van der Waals surface area contributed by atoms with E-state index in [0.717, 1.165) is 0 Å². The summed E-state index contributed by atoms with van der Waals surface area (Å²) in [6.07, 6.45) is -0.354. The van der Waals surface area contributed by atoms with Crippen molar-refractivity contribution in [1.82, 2.24) is 0 Å². The Bertz CT molecular complexity index is 754. The van der Waals surface area contributed by atoms with Crippen LogP contribution in [-0.4, -0.2) is 49.4 Å². The average molecular weight is 364 g/mol. The molecule has 1 aliphatic carbocycles. The van der Waals surface area contributed by atoms with E-state index >= 15 is 0 Å². The van der Waals surface area contributed by atoms with Gasteiger partial charge in [-0.2, -0.15) is 0 Å². The number of ketones is 1. The van der Waals surface area contributed by atoms with Crippen LogP contribution in [0.2, 0.25) is 0 Å². The number of ether oxygens (including phenoxy) is 4. The fraction of sp³-hybridized carbons (Fsp3) is 0.500. The minimum atomic E-state index is -1.67. The largest absolute Gasteiger partial charge is 0.469 e. The summed E-state index contributed by atoms with van der Waals surface area (Å²) in [4.78, 5) is 37.4. The molecule has 1 heterocycles. The highest BCUT2D eigenvalue weighted by molar-refractivity contribution is 6.02. The SMILES string of the molecule is COC(=O)[C@H]1C(=O)C[C@@](C)(O)[C@@H](C(=O)OC)[C@@H]1c1ccc2c(c1)OCO2. The first-order valence-electron chi connectivity index (χ1n) is 8.10. The molecule has 8 heteroatoms. The molecule has 0 unspecified atom stereocenters. The van der Waals surface area contributed by atoms with E-state index < -0.39 is 41.1 Å². The van der Waals surface area contributed by atoms with Crippen molar-refractivity contribution in [2.24, 2.45) is 11.8 Å². The molecule has 2 aliphatic rings. The average Bonchev–Trinajstić information content (AvgIpc) is 3.06. The van der Waals surface area contributed by atoms with Gasteiger partial charge in [-0.1, -0.05) is 6.07 Å². The van der Waals surface area contributed by atoms with E-state index in [9.17, 15) is 19.5 Å². The van der Waals surface area contributed by atoms with Gasteiger partial charge in [-0.25, -0.2) is 0 Å². The number of Topliss-reactive ketones (excluding diaryl/α,β-unsaturated/α-hetero) is 1. The lowest BCUT2D eigenvalue weighted by Gasteiger charge is -2.43. The van der Waals surface area contributed by atoms with Gasteiger partial charge in [0.1, 0.15) is 5.92 Å². The van der Waals surface area contributed by atoms with Crippen LogP contribution in [0.5, 0.6) is 11.5 Å². The second kappa shape index (κ2) is 6.60. The van der Waals surface area contributed by atoms with Crippen molar-refractivity contribution >= 4 is 17.7 Å². The van der Waals surface area contributed by atoms with Crippen LogP contribution >= 0.6 is 0 Å². The van der Waals surface area contributed by atoms with Crippen LogP contribution in [0.3, 0.4) is 0 Å². The van der Waals surface area contributed by atoms with Crippen LogP contribution in [0.4, 0.5) is 0 Å². The van der Waals surface area contributed by atoms with Crippen LogP contribution in [0, 0.1) is 11.8 Å². The number of carbonyl (C=O) groups excluding carboxylic acids is 3. The van der Waals surface area contributed by atoms with Gasteiger partial charge in [0, 0.05) is 12.3 Å². The molecule has 0 saturated heterocycles. The van der Waals surface area contributed by atoms with Crippen molar-refractivity contribution in [3.05, 3.63) is 23.8 Å². The highest BCUT2D eigenvalue weighted by Crippen LogP contribution is 2.48. The van der Waals surface area contributed by atoms with E-state index in [2.05, 4.69) is 0 Å². The van der Waals surface area contributed by atoms with Gasteiger partial charge in [-0.3, -0.25) is 14.4 Å². The maximum atomic E-state index is 12.6. The molecule has 0 aromatic heterocycles. The van der Waals surface area contributed by atoms with Gasteiger partial charge < -0.3 is 24.1 Å². The third-order valence-electron chi connectivity index (χ3n) is 4.96. The first-order valence-corrected chi connectivity index (χ1v) is 8.10. The molecular formula is C18H20O8. The molecule has 0 amide bonds. The zero-order valence-electron chi connectivity index (χ0n) is 14.7. The van der Waals surface area contributed by atoms with Gasteiger partial charge in [0.25, 0.3) is 0 Å². The Hall–Kier alpha value is -2.61. The van der Waals surface area contributed by atoms with E-state index in [1.165, 1.54) is 21.1 Å². The van der Waals surface area contributed by atoms with Crippen molar-refractivity contribution < 1.29 is 38.4 Å². The van der Waals surface area contributed by atoms with E-state index in [-0.39, 0.29) is 13.2 Å². The monoisotopic (exact) mass is 364 g/mol. The number of carbonyl (C=O) groups is 3. The Morgan fingerprint density at radius 2 is 1.81 bits per heavy atom. The normalized spacial score (nSPS) is 30.0. The lowest BCUT2D eigenvalue weighted by atomic mass is 9.61. The highest BCUT2D eigenvalue weighted by Gasteiger charge is 2.57. The molecule has 3 rings (SSSR count). The number of fused-ring (bicyclic) bond motifs is 1. The molecule has 4 atom stereocenters. The van der Waals surface area contributed by atoms with E-state index in [4.69, 9.17) is 18.9 Å². The standard InChI is InChI=1S/C18H20O8/c1-18(22)7-10(19)14(16(20)23-2)13(15(18)17(21)24-3)9-4-5-11-12(6-9)26-8-25-11/h4-6,13-15,22H,7-8H2,1-3H3/t13-,14+,15-,18-/m1/s1. The van der Waals surface area contributed by atoms with Gasteiger partial charge in [0.05, 0.1) is 25.7 Å². The topological polar surface area (TPSA) is 108 Å². The van der Waals surface area contributed by atoms with Gasteiger partial charge in [0.15, 0.2) is 17.3 Å². The number of methoxy groups -OCH3 is 2. The molecule has 8 nitrogen and oxygen atoms in total. The number of benzene rings is 1. The predicted octanol–water partition coefficient (Wildman–Crippen LogP) is 0.801. The summed E-state index contributed by atoms with van der Waals surface area (Å²) in [5, 5.41) is 10.8. The summed E-state index contributed by atoms with van der Waals surface area (Å²) in [5.41, 5.74) is -1.19. The van der Waals surface area contributed by atoms with Crippen molar-refractivity contribution in [3.8, 4) is 11.5 Å². The number of esters is 2. The number of rotatable bonds is 3. The molecule has 1 aliphatic heterocycles. The lowest BCUT2D eigenvalue weighted by Crippen LogP contribution is -2.55. The van der Waals surface area contributed by atoms with Gasteiger partial charge in [0.2, 0.25) is 6.79 Å². The molecule has 1 N–H and O–H groups in total. The molecule has 0 radical (unpaired) electrons. The Kier molecular flexibility index (Phi) is 4.62. The minimum absolute atomic E-state index is 0.0565. The van der Waals surface area contributed by atoms with Crippen LogP contribution in [-0.2, 0) is 23.9 Å². The van der Waals surface area contributed by atoms with Crippen molar-refractivity contribution in [3.63, 3.8) is 0 Å². The van der Waals surface area contributed by atoms with Crippen molar-refractivity contribution in [2.75, 3.05) is 21.0 Å². The minimum Gasteiger partial charge on any atom is -0.469 e.